The lowest BCUT2D eigenvalue weighted by molar-refractivity contribution is -0.147. The number of hydrogen-bond acceptors (Lipinski definition) is 6. The minimum atomic E-state index is -0.299. The van der Waals surface area contributed by atoms with Crippen molar-refractivity contribution in [1.82, 2.24) is 19.6 Å². The Bertz CT molecular complexity index is 1410. The van der Waals surface area contributed by atoms with Gasteiger partial charge in [0.1, 0.15) is 26.4 Å². The molecule has 4 aromatic carbocycles. The van der Waals surface area contributed by atoms with E-state index in [0.717, 1.165) is 22.3 Å². The van der Waals surface area contributed by atoms with Crippen molar-refractivity contribution >= 4 is 23.6 Å². The number of rotatable bonds is 8. The summed E-state index contributed by atoms with van der Waals surface area (Å²) in [5.74, 6) is -1.17. The lowest BCUT2D eigenvalue weighted by Crippen LogP contribution is -2.45. The van der Waals surface area contributed by atoms with Gasteiger partial charge in [-0.2, -0.15) is 0 Å². The van der Waals surface area contributed by atoms with Crippen molar-refractivity contribution in [2.45, 2.75) is 26.2 Å². The number of ether oxygens (including phenoxy) is 2. The van der Waals surface area contributed by atoms with Gasteiger partial charge in [0, 0.05) is 52.4 Å². The summed E-state index contributed by atoms with van der Waals surface area (Å²) in [5, 5.41) is 0. The van der Waals surface area contributed by atoms with Crippen LogP contribution in [0.3, 0.4) is 0 Å². The fraction of sp³-hybridized carbons (Fsp3) is 0.300. The third-order valence-electron chi connectivity index (χ3n) is 8.46. The van der Waals surface area contributed by atoms with Gasteiger partial charge in [-0.1, -0.05) is 121 Å². The zero-order chi connectivity index (χ0) is 35.0. The quantitative estimate of drug-likeness (QED) is 0.278. The average Bonchev–Trinajstić information content (AvgIpc) is 3.14. The summed E-state index contributed by atoms with van der Waals surface area (Å²) < 4.78 is 11.5. The maximum absolute atomic E-state index is 13.6. The molecule has 0 N–H and O–H groups in total. The topological polar surface area (TPSA) is 99.7 Å². The molecular weight excluding hydrogens is 632 g/mol. The summed E-state index contributed by atoms with van der Waals surface area (Å²) in [6, 6.07) is 38.4. The van der Waals surface area contributed by atoms with Crippen LogP contribution >= 0.6 is 0 Å². The predicted molar refractivity (Wildman–Crippen MR) is 189 cm³/mol. The molecule has 1 aliphatic heterocycles. The zero-order valence-electron chi connectivity index (χ0n) is 28.3. The SMILES string of the molecule is O=C1COCC(=O)N(Cc2ccccc2)CCN(Cc2ccccc2)C(=O)COCC(=O)N(Cc2ccccc2)CCN1Cc1ccccc1. The molecule has 10 heteroatoms. The van der Waals surface area contributed by atoms with E-state index in [9.17, 15) is 19.2 Å². The highest BCUT2D eigenvalue weighted by molar-refractivity contribution is 5.81. The van der Waals surface area contributed by atoms with Gasteiger partial charge in [-0.25, -0.2) is 0 Å². The molecule has 10 nitrogen and oxygen atoms in total. The summed E-state index contributed by atoms with van der Waals surface area (Å²) in [6.07, 6.45) is 0. The van der Waals surface area contributed by atoms with Crippen molar-refractivity contribution in [1.29, 1.82) is 0 Å². The summed E-state index contributed by atoms with van der Waals surface area (Å²) in [4.78, 5) is 60.9. The number of benzene rings is 4. The normalized spacial score (nSPS) is 16.3. The number of nitrogens with zero attached hydrogens (tertiary/aromatic N) is 4. The summed E-state index contributed by atoms with van der Waals surface area (Å²) in [7, 11) is 0. The van der Waals surface area contributed by atoms with E-state index in [1.165, 1.54) is 0 Å². The maximum Gasteiger partial charge on any atom is 0.248 e. The third kappa shape index (κ3) is 11.4. The number of carbonyl (C=O) groups is 4. The molecule has 0 saturated carbocycles. The van der Waals surface area contributed by atoms with Crippen LogP contribution in [0.4, 0.5) is 0 Å². The van der Waals surface area contributed by atoms with E-state index < -0.39 is 0 Å². The summed E-state index contributed by atoms with van der Waals surface area (Å²) >= 11 is 0. The van der Waals surface area contributed by atoms with Gasteiger partial charge in [-0.15, -0.1) is 0 Å². The highest BCUT2D eigenvalue weighted by Crippen LogP contribution is 2.12. The van der Waals surface area contributed by atoms with E-state index in [2.05, 4.69) is 0 Å². The molecule has 50 heavy (non-hydrogen) atoms. The van der Waals surface area contributed by atoms with Gasteiger partial charge in [0.05, 0.1) is 0 Å². The summed E-state index contributed by atoms with van der Waals surface area (Å²) in [6.45, 7) is 0.970. The zero-order valence-corrected chi connectivity index (χ0v) is 28.3. The van der Waals surface area contributed by atoms with Crippen molar-refractivity contribution in [2.24, 2.45) is 0 Å². The average molecular weight is 677 g/mol. The Labute approximate surface area is 293 Å². The van der Waals surface area contributed by atoms with Gasteiger partial charge in [-0.3, -0.25) is 19.2 Å². The van der Waals surface area contributed by atoms with E-state index in [-0.39, 0.29) is 76.2 Å². The van der Waals surface area contributed by atoms with Gasteiger partial charge in [0.25, 0.3) is 0 Å². The van der Waals surface area contributed by atoms with Crippen LogP contribution < -0.4 is 0 Å². The highest BCUT2D eigenvalue weighted by Gasteiger charge is 2.24. The predicted octanol–water partition coefficient (Wildman–Crippen LogP) is 4.15. The molecule has 1 saturated heterocycles. The van der Waals surface area contributed by atoms with Crippen LogP contribution in [-0.2, 0) is 54.8 Å². The molecule has 1 heterocycles. The van der Waals surface area contributed by atoms with Crippen LogP contribution in [0.2, 0.25) is 0 Å². The molecule has 260 valence electrons. The Hall–Kier alpha value is -5.32. The van der Waals surface area contributed by atoms with E-state index in [0.29, 0.717) is 26.2 Å². The van der Waals surface area contributed by atoms with Gasteiger partial charge in [0.15, 0.2) is 0 Å². The monoisotopic (exact) mass is 676 g/mol. The second kappa shape index (κ2) is 19.0. The molecular formula is C40H44N4O6. The molecule has 0 radical (unpaired) electrons. The van der Waals surface area contributed by atoms with Gasteiger partial charge < -0.3 is 29.1 Å². The Morgan fingerprint density at radius 3 is 0.740 bits per heavy atom. The molecule has 5 rings (SSSR count). The van der Waals surface area contributed by atoms with E-state index in [1.54, 1.807) is 19.6 Å². The molecule has 0 bridgehead atoms. The Morgan fingerprint density at radius 1 is 0.340 bits per heavy atom. The standard InChI is InChI=1S/C40H44N4O6/c45-37-29-49-30-39(47)43(27-35-17-9-3-10-18-35)23-24-44(28-36-19-11-4-12-20-36)40(48)32-50-31-38(46)42(26-34-15-7-2-8-16-34)22-21-41(37)25-33-13-5-1-6-14-33/h1-20H,21-32H2. The fourth-order valence-electron chi connectivity index (χ4n) is 5.68. The van der Waals surface area contributed by atoms with Crippen LogP contribution in [0.15, 0.2) is 121 Å². The van der Waals surface area contributed by atoms with Crippen LogP contribution in [0.25, 0.3) is 0 Å². The van der Waals surface area contributed by atoms with E-state index in [4.69, 9.17) is 9.47 Å². The van der Waals surface area contributed by atoms with Crippen LogP contribution in [0.1, 0.15) is 22.3 Å². The molecule has 0 aliphatic carbocycles. The molecule has 0 aromatic heterocycles. The Kier molecular flexibility index (Phi) is 13.7. The lowest BCUT2D eigenvalue weighted by atomic mass is 10.2. The van der Waals surface area contributed by atoms with Gasteiger partial charge in [-0.05, 0) is 22.3 Å². The fourth-order valence-corrected chi connectivity index (χ4v) is 5.68. The minimum Gasteiger partial charge on any atom is -0.362 e. The molecule has 1 aliphatic rings. The lowest BCUT2D eigenvalue weighted by Gasteiger charge is -2.30. The van der Waals surface area contributed by atoms with Crippen LogP contribution in [-0.4, -0.2) is 95.8 Å². The highest BCUT2D eigenvalue weighted by atomic mass is 16.5. The first kappa shape index (κ1) is 36.0. The second-order valence-corrected chi connectivity index (χ2v) is 12.2. The Balaban J connectivity index is 1.38. The molecule has 0 atom stereocenters. The molecule has 4 amide bonds. The first-order valence-corrected chi connectivity index (χ1v) is 16.9. The van der Waals surface area contributed by atoms with Crippen molar-refractivity contribution in [2.75, 3.05) is 52.6 Å². The van der Waals surface area contributed by atoms with Crippen molar-refractivity contribution in [3.63, 3.8) is 0 Å². The van der Waals surface area contributed by atoms with Gasteiger partial charge in [0.2, 0.25) is 23.6 Å². The molecule has 0 unspecified atom stereocenters. The van der Waals surface area contributed by atoms with Crippen LogP contribution in [0, 0.1) is 0 Å². The van der Waals surface area contributed by atoms with Crippen molar-refractivity contribution in [3.8, 4) is 0 Å². The summed E-state index contributed by atoms with van der Waals surface area (Å²) in [5.41, 5.74) is 3.71. The second-order valence-electron chi connectivity index (χ2n) is 12.2. The Morgan fingerprint density at radius 2 is 0.540 bits per heavy atom. The number of hydrogen-bond donors (Lipinski definition) is 0. The van der Waals surface area contributed by atoms with Gasteiger partial charge >= 0.3 is 0 Å². The molecule has 0 spiro atoms. The smallest absolute Gasteiger partial charge is 0.248 e. The number of carbonyl (C=O) groups excluding carboxylic acids is 4. The molecule has 1 fully saturated rings. The van der Waals surface area contributed by atoms with Crippen LogP contribution in [0.5, 0.6) is 0 Å². The molecule has 4 aromatic rings. The van der Waals surface area contributed by atoms with E-state index in [1.807, 2.05) is 121 Å². The first-order valence-electron chi connectivity index (χ1n) is 16.9. The maximum atomic E-state index is 13.6. The minimum absolute atomic E-state index is 0.230. The van der Waals surface area contributed by atoms with Crippen molar-refractivity contribution < 1.29 is 28.7 Å². The van der Waals surface area contributed by atoms with Crippen molar-refractivity contribution in [3.05, 3.63) is 144 Å². The number of amides is 4. The van der Waals surface area contributed by atoms with E-state index >= 15 is 0 Å². The third-order valence-corrected chi connectivity index (χ3v) is 8.46. The largest absolute Gasteiger partial charge is 0.362 e. The first-order chi connectivity index (χ1) is 24.4.